The van der Waals surface area contributed by atoms with E-state index in [4.69, 9.17) is 21.6 Å². The van der Waals surface area contributed by atoms with Gasteiger partial charge in [-0.05, 0) is 17.5 Å². The Morgan fingerprint density at radius 2 is 2.00 bits per heavy atom. The van der Waals surface area contributed by atoms with Gasteiger partial charge in [0, 0.05) is 16.1 Å². The van der Waals surface area contributed by atoms with E-state index in [2.05, 4.69) is 26.8 Å². The highest BCUT2D eigenvalue weighted by atomic mass is 35.5. The van der Waals surface area contributed by atoms with Gasteiger partial charge in [-0.25, -0.2) is 0 Å². The van der Waals surface area contributed by atoms with Gasteiger partial charge in [0.1, 0.15) is 5.75 Å². The molecule has 3 heteroatoms. The summed E-state index contributed by atoms with van der Waals surface area (Å²) in [6.45, 7) is 6.28. The van der Waals surface area contributed by atoms with E-state index in [1.54, 1.807) is 13.2 Å². The smallest absolute Gasteiger partial charge is 0.126 e. The molecule has 0 radical (unpaired) electrons. The summed E-state index contributed by atoms with van der Waals surface area (Å²) >= 11 is 6.06. The van der Waals surface area contributed by atoms with Crippen molar-refractivity contribution in [1.82, 2.24) is 0 Å². The van der Waals surface area contributed by atoms with Crippen molar-refractivity contribution >= 4 is 11.6 Å². The fourth-order valence-corrected chi connectivity index (χ4v) is 1.91. The van der Waals surface area contributed by atoms with Crippen molar-refractivity contribution in [1.29, 1.82) is 5.26 Å². The molecule has 0 amide bonds. The molecule has 1 aromatic rings. The number of nitriles is 1. The monoisotopic (exact) mass is 237 g/mol. The van der Waals surface area contributed by atoms with Gasteiger partial charge in [-0.3, -0.25) is 0 Å². The van der Waals surface area contributed by atoms with Gasteiger partial charge in [-0.15, -0.1) is 0 Å². The molecule has 2 nitrogen and oxygen atoms in total. The van der Waals surface area contributed by atoms with Crippen LogP contribution in [0.15, 0.2) is 12.1 Å². The van der Waals surface area contributed by atoms with Crippen molar-refractivity contribution in [3.63, 3.8) is 0 Å². The zero-order valence-electron chi connectivity index (χ0n) is 10.1. The Morgan fingerprint density at radius 3 is 2.44 bits per heavy atom. The van der Waals surface area contributed by atoms with E-state index in [9.17, 15) is 0 Å². The summed E-state index contributed by atoms with van der Waals surface area (Å²) in [5, 5.41) is 9.42. The van der Waals surface area contributed by atoms with Gasteiger partial charge in [-0.1, -0.05) is 32.4 Å². The van der Waals surface area contributed by atoms with Crippen molar-refractivity contribution < 1.29 is 4.74 Å². The lowest BCUT2D eigenvalue weighted by molar-refractivity contribution is 0.393. The van der Waals surface area contributed by atoms with Crippen LogP contribution in [0.5, 0.6) is 5.75 Å². The summed E-state index contributed by atoms with van der Waals surface area (Å²) < 4.78 is 5.40. The highest BCUT2D eigenvalue weighted by Crippen LogP contribution is 2.36. The van der Waals surface area contributed by atoms with Gasteiger partial charge in [0.05, 0.1) is 19.6 Å². The maximum Gasteiger partial charge on any atom is 0.126 e. The summed E-state index contributed by atoms with van der Waals surface area (Å²) in [5.74, 6) is 0.776. The van der Waals surface area contributed by atoms with Gasteiger partial charge in [0.25, 0.3) is 0 Å². The van der Waals surface area contributed by atoms with E-state index in [1.165, 1.54) is 0 Å². The van der Waals surface area contributed by atoms with Gasteiger partial charge < -0.3 is 4.74 Å². The Labute approximate surface area is 102 Å². The number of hydrogen-bond acceptors (Lipinski definition) is 2. The number of hydrogen-bond donors (Lipinski definition) is 0. The lowest BCUT2D eigenvalue weighted by Gasteiger charge is -2.24. The molecule has 0 atom stereocenters. The molecule has 0 fully saturated rings. The highest BCUT2D eigenvalue weighted by molar-refractivity contribution is 6.30. The van der Waals surface area contributed by atoms with Gasteiger partial charge in [-0.2, -0.15) is 5.26 Å². The third-order valence-electron chi connectivity index (χ3n) is 2.41. The minimum absolute atomic E-state index is 0.0551. The summed E-state index contributed by atoms with van der Waals surface area (Å²) in [5.41, 5.74) is 1.83. The number of rotatable bonds is 2. The Kier molecular flexibility index (Phi) is 3.83. The second kappa shape index (κ2) is 4.76. The molecular weight excluding hydrogens is 222 g/mol. The lowest BCUT2D eigenvalue weighted by Crippen LogP contribution is -2.14. The van der Waals surface area contributed by atoms with Gasteiger partial charge >= 0.3 is 0 Å². The van der Waals surface area contributed by atoms with Crippen LogP contribution < -0.4 is 4.74 Å². The minimum Gasteiger partial charge on any atom is -0.496 e. The first-order valence-electron chi connectivity index (χ1n) is 5.14. The Balaban J connectivity index is 3.43. The largest absolute Gasteiger partial charge is 0.496 e. The van der Waals surface area contributed by atoms with Crippen LogP contribution in [0, 0.1) is 11.3 Å². The average Bonchev–Trinajstić information content (AvgIpc) is 2.16. The van der Waals surface area contributed by atoms with Gasteiger partial charge in [0.2, 0.25) is 0 Å². The number of ether oxygens (including phenoxy) is 1. The van der Waals surface area contributed by atoms with Crippen LogP contribution in [0.25, 0.3) is 0 Å². The predicted molar refractivity (Wildman–Crippen MR) is 66.0 cm³/mol. The Morgan fingerprint density at radius 1 is 1.38 bits per heavy atom. The van der Waals surface area contributed by atoms with Gasteiger partial charge in [0.15, 0.2) is 0 Å². The first-order chi connectivity index (χ1) is 7.40. The Bertz CT molecular complexity index is 427. The molecule has 86 valence electrons. The fourth-order valence-electron chi connectivity index (χ4n) is 1.66. The number of benzene rings is 1. The predicted octanol–water partition coefficient (Wildman–Crippen LogP) is 3.71. The highest BCUT2D eigenvalue weighted by Gasteiger charge is 2.21. The first kappa shape index (κ1) is 12.9. The van der Waals surface area contributed by atoms with Crippen molar-refractivity contribution in [2.75, 3.05) is 7.11 Å². The summed E-state index contributed by atoms with van der Waals surface area (Å²) in [7, 11) is 1.62. The molecule has 0 aliphatic carbocycles. The van der Waals surface area contributed by atoms with E-state index in [0.717, 1.165) is 16.9 Å². The maximum atomic E-state index is 8.78. The molecule has 0 bridgehead atoms. The lowest BCUT2D eigenvalue weighted by atomic mass is 9.85. The number of nitrogens with zero attached hydrogens (tertiary/aromatic N) is 1. The Hall–Kier alpha value is -1.20. The molecule has 0 saturated heterocycles. The van der Waals surface area contributed by atoms with E-state index >= 15 is 0 Å². The zero-order valence-corrected chi connectivity index (χ0v) is 10.9. The second-order valence-corrected chi connectivity index (χ2v) is 5.17. The molecule has 1 rings (SSSR count). The molecule has 0 aliphatic heterocycles. The third-order valence-corrected chi connectivity index (χ3v) is 2.63. The van der Waals surface area contributed by atoms with Crippen LogP contribution >= 0.6 is 11.6 Å². The van der Waals surface area contributed by atoms with Crippen LogP contribution in [-0.2, 0) is 11.8 Å². The molecule has 0 aliphatic rings. The normalized spacial score (nSPS) is 11.0. The second-order valence-electron chi connectivity index (χ2n) is 4.73. The van der Waals surface area contributed by atoms with Crippen LogP contribution in [0.1, 0.15) is 31.9 Å². The SMILES string of the molecule is COc1c(CC#N)cc(Cl)cc1C(C)(C)C. The van der Waals surface area contributed by atoms with Crippen LogP contribution in [0.4, 0.5) is 0 Å². The molecule has 0 spiro atoms. The molecular formula is C13H16ClNO. The van der Waals surface area contributed by atoms with E-state index < -0.39 is 0 Å². The maximum absolute atomic E-state index is 8.78. The first-order valence-corrected chi connectivity index (χ1v) is 5.51. The van der Waals surface area contributed by atoms with Crippen molar-refractivity contribution in [3.05, 3.63) is 28.3 Å². The summed E-state index contributed by atoms with van der Waals surface area (Å²) in [4.78, 5) is 0. The number of methoxy groups -OCH3 is 1. The van der Waals surface area contributed by atoms with Crippen LogP contribution in [0.2, 0.25) is 5.02 Å². The van der Waals surface area contributed by atoms with Crippen molar-refractivity contribution in [3.8, 4) is 11.8 Å². The average molecular weight is 238 g/mol. The van der Waals surface area contributed by atoms with E-state index in [1.807, 2.05) is 6.07 Å². The molecule has 0 heterocycles. The van der Waals surface area contributed by atoms with Crippen molar-refractivity contribution in [2.45, 2.75) is 32.6 Å². The quantitative estimate of drug-likeness (QED) is 0.786. The third kappa shape index (κ3) is 2.68. The van der Waals surface area contributed by atoms with Crippen LogP contribution in [-0.4, -0.2) is 7.11 Å². The number of halogens is 1. The molecule has 0 N–H and O–H groups in total. The minimum atomic E-state index is -0.0551. The molecule has 0 unspecified atom stereocenters. The van der Waals surface area contributed by atoms with Crippen LogP contribution in [0.3, 0.4) is 0 Å². The molecule has 16 heavy (non-hydrogen) atoms. The van der Waals surface area contributed by atoms with Crippen molar-refractivity contribution in [2.24, 2.45) is 0 Å². The summed E-state index contributed by atoms with van der Waals surface area (Å²) in [6, 6.07) is 5.82. The molecule has 0 aromatic heterocycles. The zero-order chi connectivity index (χ0) is 12.3. The molecule has 0 saturated carbocycles. The van der Waals surface area contributed by atoms with E-state index in [0.29, 0.717) is 11.4 Å². The molecule has 1 aromatic carbocycles. The fraction of sp³-hybridized carbons (Fsp3) is 0.462. The van der Waals surface area contributed by atoms with E-state index in [-0.39, 0.29) is 5.41 Å². The topological polar surface area (TPSA) is 33.0 Å². The summed E-state index contributed by atoms with van der Waals surface area (Å²) in [6.07, 6.45) is 0.312. The standard InChI is InChI=1S/C13H16ClNO/c1-13(2,3)11-8-10(14)7-9(5-6-15)12(11)16-4/h7-8H,5H2,1-4H3.